The highest BCUT2D eigenvalue weighted by atomic mass is 32.2. The van der Waals surface area contributed by atoms with E-state index < -0.39 is 10.0 Å². The van der Waals surface area contributed by atoms with Crippen LogP contribution in [-0.4, -0.2) is 21.0 Å². The lowest BCUT2D eigenvalue weighted by atomic mass is 10.1. The Kier molecular flexibility index (Phi) is 6.46. The van der Waals surface area contributed by atoms with Crippen molar-refractivity contribution >= 4 is 21.4 Å². The van der Waals surface area contributed by atoms with Crippen molar-refractivity contribution < 1.29 is 8.42 Å². The topological polar surface area (TPSA) is 58.2 Å². The second-order valence-corrected chi connectivity index (χ2v) is 7.72. The quantitative estimate of drug-likeness (QED) is 0.726. The van der Waals surface area contributed by atoms with Crippen LogP contribution in [-0.2, 0) is 16.6 Å². The summed E-state index contributed by atoms with van der Waals surface area (Å²) in [5.41, 5.74) is 0. The van der Waals surface area contributed by atoms with Gasteiger partial charge in [-0.05, 0) is 37.3 Å². The molecular weight excluding hydrogens is 280 g/mol. The number of thiophene rings is 1. The number of hydrogen-bond donors (Lipinski definition) is 2. The van der Waals surface area contributed by atoms with Gasteiger partial charge in [-0.15, -0.1) is 11.3 Å². The van der Waals surface area contributed by atoms with Crippen molar-refractivity contribution in [3.8, 4) is 0 Å². The zero-order valence-corrected chi connectivity index (χ0v) is 13.7. The van der Waals surface area contributed by atoms with Gasteiger partial charge in [0.05, 0.1) is 4.90 Å². The van der Waals surface area contributed by atoms with Gasteiger partial charge in [0.15, 0.2) is 0 Å². The van der Waals surface area contributed by atoms with Gasteiger partial charge in [-0.2, -0.15) is 0 Å². The molecule has 0 saturated carbocycles. The third-order valence-electron chi connectivity index (χ3n) is 3.05. The first-order valence-electron chi connectivity index (χ1n) is 6.68. The Morgan fingerprint density at radius 1 is 1.32 bits per heavy atom. The lowest BCUT2D eigenvalue weighted by molar-refractivity contribution is 0.476. The van der Waals surface area contributed by atoms with Gasteiger partial charge in [0.1, 0.15) is 0 Å². The fourth-order valence-electron chi connectivity index (χ4n) is 1.52. The molecule has 1 aromatic heterocycles. The van der Waals surface area contributed by atoms with Crippen LogP contribution in [0.2, 0.25) is 0 Å². The molecule has 1 atom stereocenters. The standard InChI is InChI=1S/C13H24N2O2S2/c1-5-7-14-9-12-13(6-8-18-12)19(16,17)15-11(4)10(2)3/h6,8,10-11,14-15H,5,7,9H2,1-4H3. The highest BCUT2D eigenvalue weighted by Gasteiger charge is 2.22. The van der Waals surface area contributed by atoms with Crippen LogP contribution >= 0.6 is 11.3 Å². The Morgan fingerprint density at radius 3 is 2.58 bits per heavy atom. The maximum atomic E-state index is 12.3. The molecule has 0 amide bonds. The summed E-state index contributed by atoms with van der Waals surface area (Å²) < 4.78 is 27.4. The molecule has 110 valence electrons. The smallest absolute Gasteiger partial charge is 0.241 e. The van der Waals surface area contributed by atoms with Gasteiger partial charge >= 0.3 is 0 Å². The molecule has 0 fully saturated rings. The molecule has 0 radical (unpaired) electrons. The number of nitrogens with one attached hydrogen (secondary N) is 2. The molecular formula is C13H24N2O2S2. The van der Waals surface area contributed by atoms with E-state index in [0.717, 1.165) is 17.8 Å². The minimum Gasteiger partial charge on any atom is -0.312 e. The fourth-order valence-corrected chi connectivity index (χ4v) is 4.33. The summed E-state index contributed by atoms with van der Waals surface area (Å²) in [5.74, 6) is 0.273. The number of hydrogen-bond acceptors (Lipinski definition) is 4. The van der Waals surface area contributed by atoms with Crippen molar-refractivity contribution in [1.82, 2.24) is 10.0 Å². The van der Waals surface area contributed by atoms with Gasteiger partial charge in [-0.3, -0.25) is 0 Å². The summed E-state index contributed by atoms with van der Waals surface area (Å²) in [6.07, 6.45) is 1.04. The molecule has 4 nitrogen and oxygen atoms in total. The molecule has 1 heterocycles. The van der Waals surface area contributed by atoms with Crippen LogP contribution in [0.15, 0.2) is 16.3 Å². The van der Waals surface area contributed by atoms with Crippen molar-refractivity contribution in [2.24, 2.45) is 5.92 Å². The van der Waals surface area contributed by atoms with Gasteiger partial charge < -0.3 is 5.32 Å². The summed E-state index contributed by atoms with van der Waals surface area (Å²) in [5, 5.41) is 5.08. The van der Waals surface area contributed by atoms with E-state index in [4.69, 9.17) is 0 Å². The molecule has 6 heteroatoms. The zero-order valence-electron chi connectivity index (χ0n) is 12.1. The number of rotatable bonds is 8. The average molecular weight is 304 g/mol. The monoisotopic (exact) mass is 304 g/mol. The van der Waals surface area contributed by atoms with E-state index >= 15 is 0 Å². The maximum absolute atomic E-state index is 12.3. The van der Waals surface area contributed by atoms with Gasteiger partial charge in [0.2, 0.25) is 10.0 Å². The normalized spacial score (nSPS) is 13.9. The van der Waals surface area contributed by atoms with E-state index in [0.29, 0.717) is 11.4 Å². The van der Waals surface area contributed by atoms with Gasteiger partial charge in [-0.1, -0.05) is 20.8 Å². The second kappa shape index (κ2) is 7.38. The van der Waals surface area contributed by atoms with Crippen molar-refractivity contribution in [2.45, 2.75) is 51.6 Å². The lowest BCUT2D eigenvalue weighted by Crippen LogP contribution is -2.36. The molecule has 0 bridgehead atoms. The summed E-state index contributed by atoms with van der Waals surface area (Å²) in [6, 6.07) is 1.62. The van der Waals surface area contributed by atoms with Gasteiger partial charge in [0, 0.05) is 17.5 Å². The van der Waals surface area contributed by atoms with Crippen molar-refractivity contribution in [3.63, 3.8) is 0 Å². The summed E-state index contributed by atoms with van der Waals surface area (Å²) in [6.45, 7) is 9.49. The Balaban J connectivity index is 2.81. The largest absolute Gasteiger partial charge is 0.312 e. The summed E-state index contributed by atoms with van der Waals surface area (Å²) in [7, 11) is -3.41. The van der Waals surface area contributed by atoms with Crippen LogP contribution in [0.4, 0.5) is 0 Å². The van der Waals surface area contributed by atoms with Gasteiger partial charge in [0.25, 0.3) is 0 Å². The SMILES string of the molecule is CCCNCc1sccc1S(=O)(=O)NC(C)C(C)C. The minimum atomic E-state index is -3.41. The first-order valence-corrected chi connectivity index (χ1v) is 9.04. The van der Waals surface area contributed by atoms with E-state index in [2.05, 4.69) is 17.0 Å². The van der Waals surface area contributed by atoms with E-state index in [1.54, 1.807) is 6.07 Å². The molecule has 0 aliphatic heterocycles. The molecule has 1 aromatic rings. The predicted molar refractivity (Wildman–Crippen MR) is 80.9 cm³/mol. The minimum absolute atomic E-state index is 0.0682. The van der Waals surface area contributed by atoms with Crippen molar-refractivity contribution in [2.75, 3.05) is 6.54 Å². The molecule has 0 spiro atoms. The summed E-state index contributed by atoms with van der Waals surface area (Å²) >= 11 is 1.48. The third-order valence-corrected chi connectivity index (χ3v) is 5.74. The number of sulfonamides is 1. The van der Waals surface area contributed by atoms with E-state index in [1.807, 2.05) is 26.2 Å². The third kappa shape index (κ3) is 4.87. The lowest BCUT2D eigenvalue weighted by Gasteiger charge is -2.17. The summed E-state index contributed by atoms with van der Waals surface area (Å²) in [4.78, 5) is 1.28. The highest BCUT2D eigenvalue weighted by Crippen LogP contribution is 2.22. The van der Waals surface area contributed by atoms with Crippen LogP contribution in [0.5, 0.6) is 0 Å². The molecule has 0 aliphatic carbocycles. The molecule has 1 unspecified atom stereocenters. The molecule has 1 rings (SSSR count). The van der Waals surface area contributed by atoms with E-state index in [1.165, 1.54) is 11.3 Å². The Hall–Kier alpha value is -0.430. The van der Waals surface area contributed by atoms with Crippen LogP contribution in [0.3, 0.4) is 0 Å². The molecule has 2 N–H and O–H groups in total. The van der Waals surface area contributed by atoms with Crippen LogP contribution in [0.1, 0.15) is 39.0 Å². The first kappa shape index (κ1) is 16.6. The Morgan fingerprint density at radius 2 is 2.00 bits per heavy atom. The van der Waals surface area contributed by atoms with Gasteiger partial charge in [-0.25, -0.2) is 13.1 Å². The molecule has 19 heavy (non-hydrogen) atoms. The maximum Gasteiger partial charge on any atom is 0.241 e. The molecule has 0 aromatic carbocycles. The zero-order chi connectivity index (χ0) is 14.5. The van der Waals surface area contributed by atoms with Crippen molar-refractivity contribution in [3.05, 3.63) is 16.3 Å². The Bertz CT molecular complexity index is 481. The molecule has 0 saturated heterocycles. The van der Waals surface area contributed by atoms with Crippen molar-refractivity contribution in [1.29, 1.82) is 0 Å². The van der Waals surface area contributed by atoms with E-state index in [-0.39, 0.29) is 12.0 Å². The second-order valence-electron chi connectivity index (χ2n) is 5.04. The van der Waals surface area contributed by atoms with Crippen LogP contribution < -0.4 is 10.0 Å². The van der Waals surface area contributed by atoms with Crippen LogP contribution in [0.25, 0.3) is 0 Å². The molecule has 0 aliphatic rings. The van der Waals surface area contributed by atoms with Crippen LogP contribution in [0, 0.1) is 5.92 Å². The Labute approximate surface area is 120 Å². The first-order chi connectivity index (χ1) is 8.88. The fraction of sp³-hybridized carbons (Fsp3) is 0.692. The average Bonchev–Trinajstić information content (AvgIpc) is 2.78. The predicted octanol–water partition coefficient (Wildman–Crippen LogP) is 2.57. The van der Waals surface area contributed by atoms with E-state index in [9.17, 15) is 8.42 Å². The highest BCUT2D eigenvalue weighted by molar-refractivity contribution is 7.89.